The molecular formula is C28H42Br2O2. The number of rotatable bonds is 18. The molecule has 0 unspecified atom stereocenters. The summed E-state index contributed by atoms with van der Waals surface area (Å²) in [5.74, 6) is 2.01. The monoisotopic (exact) mass is 568 g/mol. The Balaban J connectivity index is 1.97. The van der Waals surface area contributed by atoms with Crippen molar-refractivity contribution in [1.82, 2.24) is 0 Å². The highest BCUT2D eigenvalue weighted by Gasteiger charge is 2.11. The Morgan fingerprint density at radius 3 is 1.28 bits per heavy atom. The van der Waals surface area contributed by atoms with Crippen LogP contribution in [0.3, 0.4) is 0 Å². The molecule has 0 atom stereocenters. The van der Waals surface area contributed by atoms with E-state index in [2.05, 4.69) is 70.0 Å². The molecule has 4 heteroatoms. The van der Waals surface area contributed by atoms with Crippen LogP contribution < -0.4 is 9.47 Å². The summed E-state index contributed by atoms with van der Waals surface area (Å²) < 4.78 is 12.4. The van der Waals surface area contributed by atoms with Crippen molar-refractivity contribution in [3.8, 4) is 11.5 Å². The highest BCUT2D eigenvalue weighted by atomic mass is 79.9. The van der Waals surface area contributed by atoms with Gasteiger partial charge < -0.3 is 9.47 Å². The van der Waals surface area contributed by atoms with Gasteiger partial charge in [-0.25, -0.2) is 0 Å². The van der Waals surface area contributed by atoms with E-state index >= 15 is 0 Å². The first kappa shape index (κ1) is 27.5. The summed E-state index contributed by atoms with van der Waals surface area (Å²) in [7, 11) is 0. The van der Waals surface area contributed by atoms with Gasteiger partial charge in [0.25, 0.3) is 0 Å². The van der Waals surface area contributed by atoms with Crippen molar-refractivity contribution in [2.45, 2.75) is 102 Å². The molecule has 2 aromatic rings. The Hall–Kier alpha value is -0.740. The summed E-state index contributed by atoms with van der Waals surface area (Å²) in [5, 5.41) is 4.02. The second-order valence-corrected chi connectivity index (χ2v) is 9.89. The van der Waals surface area contributed by atoms with Crippen molar-refractivity contribution >= 4 is 42.6 Å². The van der Waals surface area contributed by atoms with Crippen LogP contribution in [-0.2, 0) is 10.7 Å². The molecule has 0 heterocycles. The molecule has 0 radical (unpaired) electrons. The second-order valence-electron chi connectivity index (χ2n) is 8.77. The predicted molar refractivity (Wildman–Crippen MR) is 147 cm³/mol. The van der Waals surface area contributed by atoms with E-state index in [-0.39, 0.29) is 0 Å². The van der Waals surface area contributed by atoms with Crippen molar-refractivity contribution in [3.05, 3.63) is 35.4 Å². The van der Waals surface area contributed by atoms with Crippen molar-refractivity contribution in [2.24, 2.45) is 0 Å². The fourth-order valence-corrected chi connectivity index (χ4v) is 4.89. The van der Waals surface area contributed by atoms with Crippen LogP contribution in [0.5, 0.6) is 11.5 Å². The van der Waals surface area contributed by atoms with Crippen LogP contribution in [-0.4, -0.2) is 13.2 Å². The Labute approximate surface area is 213 Å². The molecule has 0 aliphatic carbocycles. The summed E-state index contributed by atoms with van der Waals surface area (Å²) >= 11 is 7.30. The maximum Gasteiger partial charge on any atom is 0.123 e. The Morgan fingerprint density at radius 1 is 0.531 bits per heavy atom. The number of fused-ring (bicyclic) bond motifs is 1. The van der Waals surface area contributed by atoms with Crippen molar-refractivity contribution < 1.29 is 9.47 Å². The van der Waals surface area contributed by atoms with Gasteiger partial charge in [0, 0.05) is 21.8 Å². The molecule has 180 valence electrons. The maximum atomic E-state index is 6.19. The van der Waals surface area contributed by atoms with Gasteiger partial charge in [0.05, 0.1) is 13.2 Å². The van der Waals surface area contributed by atoms with E-state index in [9.17, 15) is 0 Å². The third-order valence-corrected chi connectivity index (χ3v) is 7.21. The van der Waals surface area contributed by atoms with E-state index in [1.54, 1.807) is 0 Å². The summed E-state index contributed by atoms with van der Waals surface area (Å²) in [6.45, 7) is 6.11. The first-order chi connectivity index (χ1) is 15.7. The predicted octanol–water partition coefficient (Wildman–Crippen LogP) is 10.1. The quantitative estimate of drug-likeness (QED) is 0.131. The molecule has 32 heavy (non-hydrogen) atoms. The molecule has 2 aromatic carbocycles. The molecule has 0 spiro atoms. The smallest absolute Gasteiger partial charge is 0.123 e. The lowest BCUT2D eigenvalue weighted by molar-refractivity contribution is 0.302. The molecule has 0 saturated carbocycles. The van der Waals surface area contributed by atoms with Crippen molar-refractivity contribution in [3.63, 3.8) is 0 Å². The first-order valence-corrected chi connectivity index (χ1v) is 14.9. The third kappa shape index (κ3) is 9.63. The minimum atomic E-state index is 0.794. The molecule has 0 aliphatic heterocycles. The van der Waals surface area contributed by atoms with E-state index in [0.29, 0.717) is 0 Å². The number of ether oxygens (including phenoxy) is 2. The molecule has 0 amide bonds. The van der Waals surface area contributed by atoms with Crippen LogP contribution in [0, 0.1) is 0 Å². The number of unbranched alkanes of at least 4 members (excludes halogenated alkanes) is 10. The van der Waals surface area contributed by atoms with Gasteiger partial charge in [-0.05, 0) is 47.9 Å². The Morgan fingerprint density at radius 2 is 0.906 bits per heavy atom. The molecular weight excluding hydrogens is 528 g/mol. The Bertz CT molecular complexity index is 710. The number of hydrogen-bond donors (Lipinski definition) is 0. The number of benzene rings is 2. The zero-order chi connectivity index (χ0) is 23.0. The zero-order valence-corrected chi connectivity index (χ0v) is 23.4. The Kier molecular flexibility index (Phi) is 14.4. The number of hydrogen-bond acceptors (Lipinski definition) is 2. The van der Waals surface area contributed by atoms with Gasteiger partial charge in [0.1, 0.15) is 11.5 Å². The van der Waals surface area contributed by atoms with E-state index in [0.717, 1.165) is 48.2 Å². The molecule has 0 aliphatic rings. The average Bonchev–Trinajstić information content (AvgIpc) is 2.81. The summed E-state index contributed by atoms with van der Waals surface area (Å²) in [4.78, 5) is 0. The minimum absolute atomic E-state index is 0.794. The second kappa shape index (κ2) is 16.8. The lowest BCUT2D eigenvalue weighted by Gasteiger charge is -2.15. The van der Waals surface area contributed by atoms with E-state index in [1.165, 1.54) is 86.1 Å². The lowest BCUT2D eigenvalue weighted by atomic mass is 10.0. The van der Waals surface area contributed by atoms with Crippen LogP contribution >= 0.6 is 31.9 Å². The first-order valence-electron chi connectivity index (χ1n) is 12.7. The van der Waals surface area contributed by atoms with Crippen LogP contribution in [0.15, 0.2) is 24.3 Å². The summed E-state index contributed by atoms with van der Waals surface area (Å²) in [6.07, 6.45) is 15.4. The van der Waals surface area contributed by atoms with E-state index in [1.807, 2.05) is 0 Å². The highest BCUT2D eigenvalue weighted by Crippen LogP contribution is 2.33. The normalized spacial score (nSPS) is 11.2. The SMILES string of the molecule is CCCCCCCCOc1cc2cc(CBr)c(OCCCCCCCC)cc2cc1CBr. The van der Waals surface area contributed by atoms with Gasteiger partial charge in [0.15, 0.2) is 0 Å². The van der Waals surface area contributed by atoms with Crippen LogP contribution in [0.1, 0.15) is 102 Å². The van der Waals surface area contributed by atoms with Gasteiger partial charge in [-0.15, -0.1) is 0 Å². The van der Waals surface area contributed by atoms with E-state index in [4.69, 9.17) is 9.47 Å². The van der Waals surface area contributed by atoms with Crippen LogP contribution in [0.25, 0.3) is 10.8 Å². The van der Waals surface area contributed by atoms with Crippen LogP contribution in [0.2, 0.25) is 0 Å². The van der Waals surface area contributed by atoms with E-state index < -0.39 is 0 Å². The van der Waals surface area contributed by atoms with Gasteiger partial charge in [0.2, 0.25) is 0 Å². The lowest BCUT2D eigenvalue weighted by Crippen LogP contribution is -2.02. The fraction of sp³-hybridized carbons (Fsp3) is 0.643. The van der Waals surface area contributed by atoms with Crippen molar-refractivity contribution in [1.29, 1.82) is 0 Å². The average molecular weight is 570 g/mol. The van der Waals surface area contributed by atoms with Gasteiger partial charge >= 0.3 is 0 Å². The topological polar surface area (TPSA) is 18.5 Å². The highest BCUT2D eigenvalue weighted by molar-refractivity contribution is 9.08. The van der Waals surface area contributed by atoms with Gasteiger partial charge in [-0.3, -0.25) is 0 Å². The fourth-order valence-electron chi connectivity index (χ4n) is 4.01. The molecule has 0 N–H and O–H groups in total. The summed E-state index contributed by atoms with van der Waals surface area (Å²) in [5.41, 5.74) is 2.41. The minimum Gasteiger partial charge on any atom is -0.493 e. The molecule has 0 saturated heterocycles. The molecule has 0 bridgehead atoms. The van der Waals surface area contributed by atoms with Crippen molar-refractivity contribution in [2.75, 3.05) is 13.2 Å². The van der Waals surface area contributed by atoms with Crippen LogP contribution in [0.4, 0.5) is 0 Å². The number of alkyl halides is 2. The molecule has 0 fully saturated rings. The van der Waals surface area contributed by atoms with Gasteiger partial charge in [-0.1, -0.05) is 110 Å². The molecule has 0 aromatic heterocycles. The molecule has 2 nitrogen and oxygen atoms in total. The largest absolute Gasteiger partial charge is 0.493 e. The third-order valence-electron chi connectivity index (χ3n) is 6.00. The van der Waals surface area contributed by atoms with Gasteiger partial charge in [-0.2, -0.15) is 0 Å². The zero-order valence-electron chi connectivity index (χ0n) is 20.2. The molecule has 2 rings (SSSR count). The summed E-state index contributed by atoms with van der Waals surface area (Å²) in [6, 6.07) is 8.89. The standard InChI is InChI=1S/C28H42Br2O2/c1-3-5-7-9-11-13-15-31-27-19-23-18-26(22-30)28(20-24(23)17-25(27)21-29)32-16-14-12-10-8-6-4-2/h17-20H,3-16,21-22H2,1-2H3. The maximum absolute atomic E-state index is 6.19. The number of halogens is 2.